The van der Waals surface area contributed by atoms with E-state index in [4.69, 9.17) is 16.6 Å². The number of benzene rings is 1. The lowest BCUT2D eigenvalue weighted by Gasteiger charge is -2.14. The number of phenolic OH excluding ortho intramolecular Hbond substituents is 1. The molecule has 5 heteroatoms. The molecule has 80 valence electrons. The van der Waals surface area contributed by atoms with Crippen molar-refractivity contribution >= 4 is 17.3 Å². The van der Waals surface area contributed by atoms with Gasteiger partial charge in [-0.25, -0.2) is 0 Å². The molecule has 1 aromatic rings. The van der Waals surface area contributed by atoms with Crippen molar-refractivity contribution in [3.05, 3.63) is 17.7 Å². The van der Waals surface area contributed by atoms with Crippen molar-refractivity contribution in [1.29, 1.82) is 0 Å². The fourth-order valence-corrected chi connectivity index (χ4v) is 1.73. The summed E-state index contributed by atoms with van der Waals surface area (Å²) in [5.74, 6) is -1.13. The zero-order chi connectivity index (χ0) is 11.2. The smallest absolute Gasteiger partial charge is 0.314 e. The molecule has 1 aliphatic carbocycles. The van der Waals surface area contributed by atoms with Crippen LogP contribution in [0, 0.1) is 0 Å². The Kier molecular flexibility index (Phi) is 1.79. The second-order valence-corrected chi connectivity index (χ2v) is 3.85. The van der Waals surface area contributed by atoms with Crippen LogP contribution in [-0.2, 0) is 10.2 Å². The summed E-state index contributed by atoms with van der Waals surface area (Å²) in [5.41, 5.74) is 10.8. The summed E-state index contributed by atoms with van der Waals surface area (Å²) in [5, 5.41) is 18.8. The van der Waals surface area contributed by atoms with Crippen LogP contribution in [0.15, 0.2) is 12.1 Å². The third-order valence-electron chi connectivity index (χ3n) is 2.93. The van der Waals surface area contributed by atoms with Crippen LogP contribution in [-0.4, -0.2) is 16.2 Å². The van der Waals surface area contributed by atoms with Crippen molar-refractivity contribution in [3.63, 3.8) is 0 Å². The van der Waals surface area contributed by atoms with E-state index in [-0.39, 0.29) is 17.1 Å². The van der Waals surface area contributed by atoms with E-state index in [1.807, 2.05) is 0 Å². The summed E-state index contributed by atoms with van der Waals surface area (Å²) in [6, 6.07) is 3.05. The van der Waals surface area contributed by atoms with E-state index in [0.29, 0.717) is 18.4 Å². The summed E-state index contributed by atoms with van der Waals surface area (Å²) in [6.45, 7) is 0. The Bertz CT molecular complexity index is 439. The Balaban J connectivity index is 2.55. The number of carboxylic acid groups (broad SMARTS) is 1. The number of aromatic hydroxyl groups is 1. The summed E-state index contributed by atoms with van der Waals surface area (Å²) < 4.78 is 0. The van der Waals surface area contributed by atoms with Gasteiger partial charge in [-0.05, 0) is 18.9 Å². The molecule has 6 N–H and O–H groups in total. The first-order valence-corrected chi connectivity index (χ1v) is 4.60. The molecule has 0 radical (unpaired) electrons. The van der Waals surface area contributed by atoms with Gasteiger partial charge in [0.25, 0.3) is 0 Å². The lowest BCUT2D eigenvalue weighted by molar-refractivity contribution is -0.140. The number of nitrogens with two attached hydrogens (primary N) is 2. The van der Waals surface area contributed by atoms with Gasteiger partial charge >= 0.3 is 5.97 Å². The van der Waals surface area contributed by atoms with Crippen LogP contribution in [0.5, 0.6) is 5.75 Å². The van der Waals surface area contributed by atoms with Crippen LogP contribution in [0.25, 0.3) is 0 Å². The van der Waals surface area contributed by atoms with E-state index >= 15 is 0 Å². The second-order valence-electron chi connectivity index (χ2n) is 3.85. The Morgan fingerprint density at radius 1 is 1.33 bits per heavy atom. The van der Waals surface area contributed by atoms with Gasteiger partial charge in [0.15, 0.2) is 0 Å². The highest BCUT2D eigenvalue weighted by Gasteiger charge is 2.53. The van der Waals surface area contributed by atoms with Gasteiger partial charge in [0.2, 0.25) is 0 Å². The van der Waals surface area contributed by atoms with Crippen molar-refractivity contribution in [2.45, 2.75) is 18.3 Å². The van der Waals surface area contributed by atoms with E-state index in [0.717, 1.165) is 0 Å². The SMILES string of the molecule is Nc1ccc(C2(C(=O)O)CC2)c(O)c1N. The minimum Gasteiger partial charge on any atom is -0.505 e. The topological polar surface area (TPSA) is 110 Å². The van der Waals surface area contributed by atoms with Gasteiger partial charge in [-0.2, -0.15) is 0 Å². The molecular formula is C10H12N2O3. The fraction of sp³-hybridized carbons (Fsp3) is 0.300. The van der Waals surface area contributed by atoms with Crippen molar-refractivity contribution in [1.82, 2.24) is 0 Å². The van der Waals surface area contributed by atoms with Gasteiger partial charge in [-0.1, -0.05) is 6.07 Å². The largest absolute Gasteiger partial charge is 0.505 e. The van der Waals surface area contributed by atoms with Crippen LogP contribution >= 0.6 is 0 Å². The molecule has 0 bridgehead atoms. The van der Waals surface area contributed by atoms with Crippen LogP contribution in [0.2, 0.25) is 0 Å². The lowest BCUT2D eigenvalue weighted by atomic mass is 9.94. The second kappa shape index (κ2) is 2.79. The fourth-order valence-electron chi connectivity index (χ4n) is 1.73. The van der Waals surface area contributed by atoms with Gasteiger partial charge in [0.05, 0.1) is 16.8 Å². The molecule has 1 fully saturated rings. The van der Waals surface area contributed by atoms with E-state index in [1.54, 1.807) is 0 Å². The molecule has 0 aliphatic heterocycles. The first kappa shape index (κ1) is 9.64. The molecule has 0 amide bonds. The first-order valence-electron chi connectivity index (χ1n) is 4.60. The van der Waals surface area contributed by atoms with Gasteiger partial charge in [-0.15, -0.1) is 0 Å². The monoisotopic (exact) mass is 208 g/mol. The lowest BCUT2D eigenvalue weighted by Crippen LogP contribution is -2.20. The zero-order valence-corrected chi connectivity index (χ0v) is 8.03. The number of hydrogen-bond donors (Lipinski definition) is 4. The molecule has 5 nitrogen and oxygen atoms in total. The Hall–Kier alpha value is -1.91. The number of nitrogen functional groups attached to an aromatic ring is 2. The Morgan fingerprint density at radius 2 is 1.93 bits per heavy atom. The van der Waals surface area contributed by atoms with Crippen LogP contribution in [0.4, 0.5) is 11.4 Å². The van der Waals surface area contributed by atoms with E-state index in [1.165, 1.54) is 12.1 Å². The molecule has 15 heavy (non-hydrogen) atoms. The molecule has 1 saturated carbocycles. The van der Waals surface area contributed by atoms with Gasteiger partial charge < -0.3 is 21.7 Å². The first-order chi connectivity index (χ1) is 6.99. The molecule has 0 heterocycles. The maximum Gasteiger partial charge on any atom is 0.314 e. The number of carbonyl (C=O) groups is 1. The highest BCUT2D eigenvalue weighted by molar-refractivity contribution is 5.88. The molecule has 0 spiro atoms. The van der Waals surface area contributed by atoms with Crippen molar-refractivity contribution in [2.75, 3.05) is 11.5 Å². The standard InChI is InChI=1S/C10H12N2O3/c11-6-2-1-5(8(13)7(6)12)10(3-4-10)9(14)15/h1-2,13H,3-4,11-12H2,(H,14,15). The van der Waals surface area contributed by atoms with Crippen molar-refractivity contribution < 1.29 is 15.0 Å². The van der Waals surface area contributed by atoms with Gasteiger partial charge in [-0.3, -0.25) is 4.79 Å². The number of anilines is 2. The summed E-state index contributed by atoms with van der Waals surface area (Å²) >= 11 is 0. The predicted molar refractivity (Wildman–Crippen MR) is 55.5 cm³/mol. The zero-order valence-electron chi connectivity index (χ0n) is 8.03. The Morgan fingerprint density at radius 3 is 2.40 bits per heavy atom. The van der Waals surface area contributed by atoms with Crippen molar-refractivity contribution in [2.24, 2.45) is 0 Å². The third-order valence-corrected chi connectivity index (χ3v) is 2.93. The van der Waals surface area contributed by atoms with Gasteiger partial charge in [0, 0.05) is 5.56 Å². The molecular weight excluding hydrogens is 196 g/mol. The molecule has 0 atom stereocenters. The molecule has 0 unspecified atom stereocenters. The summed E-state index contributed by atoms with van der Waals surface area (Å²) in [6.07, 6.45) is 1.05. The average Bonchev–Trinajstić information content (AvgIpc) is 2.95. The predicted octanol–water partition coefficient (Wildman–Crippen LogP) is 0.673. The number of phenols is 1. The summed E-state index contributed by atoms with van der Waals surface area (Å²) in [4.78, 5) is 11.0. The van der Waals surface area contributed by atoms with E-state index in [9.17, 15) is 9.90 Å². The average molecular weight is 208 g/mol. The number of rotatable bonds is 2. The molecule has 1 aromatic carbocycles. The molecule has 1 aliphatic rings. The molecule has 2 rings (SSSR count). The number of aliphatic carboxylic acids is 1. The highest BCUT2D eigenvalue weighted by atomic mass is 16.4. The van der Waals surface area contributed by atoms with E-state index in [2.05, 4.69) is 0 Å². The summed E-state index contributed by atoms with van der Waals surface area (Å²) in [7, 11) is 0. The third kappa shape index (κ3) is 1.20. The van der Waals surface area contributed by atoms with Crippen LogP contribution in [0.1, 0.15) is 18.4 Å². The number of carboxylic acids is 1. The van der Waals surface area contributed by atoms with Crippen molar-refractivity contribution in [3.8, 4) is 5.75 Å². The van der Waals surface area contributed by atoms with Gasteiger partial charge in [0.1, 0.15) is 5.75 Å². The van der Waals surface area contributed by atoms with Crippen LogP contribution in [0.3, 0.4) is 0 Å². The van der Waals surface area contributed by atoms with E-state index < -0.39 is 11.4 Å². The molecule has 0 saturated heterocycles. The quantitative estimate of drug-likeness (QED) is 0.422. The maximum absolute atomic E-state index is 11.0. The normalized spacial score (nSPS) is 17.3. The van der Waals surface area contributed by atoms with Crippen LogP contribution < -0.4 is 11.5 Å². The number of hydrogen-bond acceptors (Lipinski definition) is 4. The highest BCUT2D eigenvalue weighted by Crippen LogP contribution is 2.53. The molecule has 0 aromatic heterocycles. The Labute approximate surface area is 86.3 Å². The minimum absolute atomic E-state index is 0.0556. The minimum atomic E-state index is -0.952. The maximum atomic E-state index is 11.0.